The summed E-state index contributed by atoms with van der Waals surface area (Å²) in [6.07, 6.45) is 1.39. The van der Waals surface area contributed by atoms with Crippen LogP contribution in [0.1, 0.15) is 12.7 Å². The molecule has 5 nitrogen and oxygen atoms in total. The molecule has 5 heteroatoms. The van der Waals surface area contributed by atoms with Gasteiger partial charge in [0, 0.05) is 18.7 Å². The molecule has 1 heterocycles. The molecule has 0 unspecified atom stereocenters. The summed E-state index contributed by atoms with van der Waals surface area (Å²) >= 11 is 0. The van der Waals surface area contributed by atoms with E-state index in [0.29, 0.717) is 17.1 Å². The maximum atomic E-state index is 11.8. The maximum absolute atomic E-state index is 11.8. The van der Waals surface area contributed by atoms with E-state index >= 15 is 0 Å². The zero-order valence-electron chi connectivity index (χ0n) is 10.5. The molecule has 0 spiro atoms. The van der Waals surface area contributed by atoms with Gasteiger partial charge in [0.05, 0.1) is 18.4 Å². The van der Waals surface area contributed by atoms with Crippen molar-refractivity contribution in [1.29, 1.82) is 0 Å². The van der Waals surface area contributed by atoms with E-state index in [0.717, 1.165) is 0 Å². The average Bonchev–Trinajstić information content (AvgIpc) is 2.78. The third-order valence-corrected chi connectivity index (χ3v) is 2.63. The fraction of sp³-hybridized carbons (Fsp3) is 0.143. The lowest BCUT2D eigenvalue weighted by molar-refractivity contribution is -0.118. The summed E-state index contributed by atoms with van der Waals surface area (Å²) < 4.78 is 5.23. The number of hydrogen-bond donors (Lipinski definition) is 1. The summed E-state index contributed by atoms with van der Waals surface area (Å²) in [6, 6.07) is 10.8. The predicted octanol–water partition coefficient (Wildman–Crippen LogP) is 1.99. The summed E-state index contributed by atoms with van der Waals surface area (Å²) in [5, 5.41) is 0. The first-order valence-corrected chi connectivity index (χ1v) is 5.80. The Bertz CT molecular complexity index is 590. The molecule has 1 aromatic heterocycles. The van der Waals surface area contributed by atoms with Crippen LogP contribution in [-0.2, 0) is 16.0 Å². The molecule has 0 aliphatic carbocycles. The number of carbonyl (C=O) groups excluding carboxylic acids is 2. The molecular weight excluding hydrogens is 244 g/mol. The van der Waals surface area contributed by atoms with Crippen LogP contribution in [-0.4, -0.2) is 11.8 Å². The molecule has 0 saturated heterocycles. The molecule has 0 radical (unpaired) electrons. The Kier molecular flexibility index (Phi) is 3.66. The van der Waals surface area contributed by atoms with E-state index < -0.39 is 5.91 Å². The number of furan rings is 1. The van der Waals surface area contributed by atoms with Gasteiger partial charge in [0.25, 0.3) is 0 Å². The van der Waals surface area contributed by atoms with Gasteiger partial charge in [0.2, 0.25) is 11.8 Å². The lowest BCUT2D eigenvalue weighted by atomic mass is 10.2. The highest BCUT2D eigenvalue weighted by atomic mass is 16.3. The summed E-state index contributed by atoms with van der Waals surface area (Å²) in [4.78, 5) is 24.3. The minimum Gasteiger partial charge on any atom is -0.467 e. The Morgan fingerprint density at radius 3 is 2.47 bits per heavy atom. The van der Waals surface area contributed by atoms with Gasteiger partial charge in [-0.3, -0.25) is 14.5 Å². The molecular formula is C14H14N2O3. The molecule has 98 valence electrons. The van der Waals surface area contributed by atoms with E-state index in [1.807, 2.05) is 30.3 Å². The minimum absolute atomic E-state index is 0.0427. The molecule has 2 aromatic rings. The van der Waals surface area contributed by atoms with Crippen molar-refractivity contribution >= 4 is 23.2 Å². The van der Waals surface area contributed by atoms with Crippen molar-refractivity contribution in [2.45, 2.75) is 13.3 Å². The van der Waals surface area contributed by atoms with Crippen molar-refractivity contribution in [3.8, 4) is 0 Å². The smallest absolute Gasteiger partial charge is 0.228 e. The fourth-order valence-corrected chi connectivity index (χ4v) is 1.89. The molecule has 0 saturated carbocycles. The van der Waals surface area contributed by atoms with Gasteiger partial charge in [-0.25, -0.2) is 0 Å². The minimum atomic E-state index is -0.507. The van der Waals surface area contributed by atoms with E-state index in [4.69, 9.17) is 10.2 Å². The summed E-state index contributed by atoms with van der Waals surface area (Å²) in [7, 11) is 0. The molecule has 0 atom stereocenters. The normalized spacial score (nSPS) is 10.2. The van der Waals surface area contributed by atoms with Gasteiger partial charge in [-0.05, 0) is 12.1 Å². The quantitative estimate of drug-likeness (QED) is 0.911. The van der Waals surface area contributed by atoms with Crippen LogP contribution in [0.2, 0.25) is 0 Å². The lowest BCUT2D eigenvalue weighted by Crippen LogP contribution is -2.24. The third kappa shape index (κ3) is 2.82. The van der Waals surface area contributed by atoms with Crippen LogP contribution in [0.15, 0.2) is 47.1 Å². The Morgan fingerprint density at radius 1 is 1.21 bits per heavy atom. The Labute approximate surface area is 110 Å². The SMILES string of the molecule is CC(=O)N(c1ccccc1)c1ccoc1CC(N)=O. The van der Waals surface area contributed by atoms with Crippen LogP contribution in [0.4, 0.5) is 11.4 Å². The van der Waals surface area contributed by atoms with Crippen LogP contribution in [0.3, 0.4) is 0 Å². The van der Waals surface area contributed by atoms with Gasteiger partial charge in [0.1, 0.15) is 5.76 Å². The molecule has 0 bridgehead atoms. The van der Waals surface area contributed by atoms with E-state index in [9.17, 15) is 9.59 Å². The first-order chi connectivity index (χ1) is 9.09. The Morgan fingerprint density at radius 2 is 1.89 bits per heavy atom. The predicted molar refractivity (Wildman–Crippen MR) is 70.9 cm³/mol. The summed E-state index contributed by atoms with van der Waals surface area (Å²) in [6.45, 7) is 1.45. The molecule has 0 aliphatic rings. The monoisotopic (exact) mass is 258 g/mol. The average molecular weight is 258 g/mol. The molecule has 2 rings (SSSR count). The molecule has 19 heavy (non-hydrogen) atoms. The maximum Gasteiger partial charge on any atom is 0.228 e. The largest absolute Gasteiger partial charge is 0.467 e. The van der Waals surface area contributed by atoms with Crippen LogP contribution in [0.25, 0.3) is 0 Å². The number of benzene rings is 1. The Balaban J connectivity index is 2.44. The van der Waals surface area contributed by atoms with E-state index in [1.54, 1.807) is 6.07 Å². The molecule has 2 amide bonds. The number of nitrogens with zero attached hydrogens (tertiary/aromatic N) is 1. The molecule has 2 N–H and O–H groups in total. The number of para-hydroxylation sites is 1. The van der Waals surface area contributed by atoms with Gasteiger partial charge in [-0.1, -0.05) is 18.2 Å². The number of anilines is 2. The topological polar surface area (TPSA) is 76.5 Å². The van der Waals surface area contributed by atoms with Gasteiger partial charge in [-0.15, -0.1) is 0 Å². The van der Waals surface area contributed by atoms with E-state index in [2.05, 4.69) is 0 Å². The van der Waals surface area contributed by atoms with Crippen molar-refractivity contribution in [3.63, 3.8) is 0 Å². The highest BCUT2D eigenvalue weighted by Crippen LogP contribution is 2.29. The van der Waals surface area contributed by atoms with Crippen molar-refractivity contribution in [2.24, 2.45) is 5.73 Å². The van der Waals surface area contributed by atoms with E-state index in [1.165, 1.54) is 18.1 Å². The first-order valence-electron chi connectivity index (χ1n) is 5.80. The highest BCUT2D eigenvalue weighted by Gasteiger charge is 2.20. The second-order valence-electron chi connectivity index (χ2n) is 4.06. The van der Waals surface area contributed by atoms with E-state index in [-0.39, 0.29) is 12.3 Å². The standard InChI is InChI=1S/C14H14N2O3/c1-10(17)16(11-5-3-2-4-6-11)12-7-8-19-13(12)9-14(15)18/h2-8H,9H2,1H3,(H2,15,18). The molecule has 1 aromatic carbocycles. The second kappa shape index (κ2) is 5.39. The first kappa shape index (κ1) is 12.9. The highest BCUT2D eigenvalue weighted by molar-refractivity contribution is 6.00. The zero-order valence-corrected chi connectivity index (χ0v) is 10.5. The number of amides is 2. The number of rotatable bonds is 4. The number of nitrogens with two attached hydrogens (primary N) is 1. The van der Waals surface area contributed by atoms with Gasteiger partial charge in [0.15, 0.2) is 0 Å². The van der Waals surface area contributed by atoms with Gasteiger partial charge in [-0.2, -0.15) is 0 Å². The zero-order chi connectivity index (χ0) is 13.8. The summed E-state index contributed by atoms with van der Waals surface area (Å²) in [5.41, 5.74) is 6.41. The lowest BCUT2D eigenvalue weighted by Gasteiger charge is -2.20. The van der Waals surface area contributed by atoms with Crippen molar-refractivity contribution in [2.75, 3.05) is 4.90 Å². The van der Waals surface area contributed by atoms with Crippen molar-refractivity contribution in [1.82, 2.24) is 0 Å². The van der Waals surface area contributed by atoms with Gasteiger partial charge >= 0.3 is 0 Å². The Hall–Kier alpha value is -2.56. The van der Waals surface area contributed by atoms with Crippen molar-refractivity contribution < 1.29 is 14.0 Å². The summed E-state index contributed by atoms with van der Waals surface area (Å²) in [5.74, 6) is -0.294. The number of hydrogen-bond acceptors (Lipinski definition) is 3. The number of carbonyl (C=O) groups is 2. The van der Waals surface area contributed by atoms with Crippen LogP contribution in [0.5, 0.6) is 0 Å². The third-order valence-electron chi connectivity index (χ3n) is 2.63. The van der Waals surface area contributed by atoms with Crippen molar-refractivity contribution in [3.05, 3.63) is 48.4 Å². The van der Waals surface area contributed by atoms with Crippen LogP contribution in [0, 0.1) is 0 Å². The van der Waals surface area contributed by atoms with Gasteiger partial charge < -0.3 is 10.2 Å². The number of primary amides is 1. The fourth-order valence-electron chi connectivity index (χ4n) is 1.89. The van der Waals surface area contributed by atoms with Crippen LogP contribution < -0.4 is 10.6 Å². The molecule has 0 fully saturated rings. The second-order valence-corrected chi connectivity index (χ2v) is 4.06. The molecule has 0 aliphatic heterocycles. The van der Waals surface area contributed by atoms with Crippen LogP contribution >= 0.6 is 0 Å².